The number of likely N-dealkylation sites (N-methyl/N-ethyl adjacent to an activating group) is 1. The molecule has 9 heteroatoms. The van der Waals surface area contributed by atoms with E-state index in [1.54, 1.807) is 13.8 Å². The molecular formula is C13H16F3NO4S. The number of sulfone groups is 1. The van der Waals surface area contributed by atoms with E-state index in [-0.39, 0.29) is 0 Å². The zero-order chi connectivity index (χ0) is 17.0. The Labute approximate surface area is 126 Å². The van der Waals surface area contributed by atoms with Crippen LogP contribution in [0.3, 0.4) is 0 Å². The minimum atomic E-state index is -5.54. The second-order valence-electron chi connectivity index (χ2n) is 4.25. The van der Waals surface area contributed by atoms with Crippen molar-refractivity contribution in [2.45, 2.75) is 24.3 Å². The number of ether oxygens (including phenoxy) is 1. The third-order valence-corrected chi connectivity index (χ3v) is 4.44. The lowest BCUT2D eigenvalue weighted by Gasteiger charge is -2.19. The summed E-state index contributed by atoms with van der Waals surface area (Å²) in [6.07, 6.45) is 0. The predicted octanol–water partition coefficient (Wildman–Crippen LogP) is 2.23. The number of carbonyl (C=O) groups excluding carboxylic acids is 1. The minimum Gasteiger partial charge on any atom is -0.482 e. The van der Waals surface area contributed by atoms with Crippen LogP contribution in [0.5, 0.6) is 5.75 Å². The van der Waals surface area contributed by atoms with Gasteiger partial charge in [0.2, 0.25) is 0 Å². The number of amides is 1. The Hall–Kier alpha value is -1.77. The number of halogens is 3. The van der Waals surface area contributed by atoms with E-state index in [0.717, 1.165) is 18.2 Å². The largest absolute Gasteiger partial charge is 0.502 e. The number of hydrogen-bond donors (Lipinski definition) is 0. The first-order chi connectivity index (χ1) is 10.1. The van der Waals surface area contributed by atoms with Gasteiger partial charge < -0.3 is 9.64 Å². The van der Waals surface area contributed by atoms with Crippen molar-refractivity contribution in [1.29, 1.82) is 0 Å². The van der Waals surface area contributed by atoms with Crippen molar-refractivity contribution in [3.8, 4) is 5.75 Å². The number of alkyl halides is 3. The van der Waals surface area contributed by atoms with Crippen LogP contribution >= 0.6 is 0 Å². The SMILES string of the molecule is CCN(CC)C(=O)COc1ccccc1S(=O)(=O)C(F)(F)F. The van der Waals surface area contributed by atoms with Crippen LogP contribution in [-0.2, 0) is 14.6 Å². The Morgan fingerprint density at radius 3 is 2.23 bits per heavy atom. The molecule has 22 heavy (non-hydrogen) atoms. The van der Waals surface area contributed by atoms with Crippen molar-refractivity contribution in [2.24, 2.45) is 0 Å². The van der Waals surface area contributed by atoms with Gasteiger partial charge in [-0.05, 0) is 26.0 Å². The van der Waals surface area contributed by atoms with Crippen molar-refractivity contribution in [2.75, 3.05) is 19.7 Å². The first kappa shape index (κ1) is 18.3. The van der Waals surface area contributed by atoms with Crippen molar-refractivity contribution in [3.05, 3.63) is 24.3 Å². The molecule has 0 saturated heterocycles. The fraction of sp³-hybridized carbons (Fsp3) is 0.462. The fourth-order valence-corrected chi connectivity index (χ4v) is 2.62. The molecule has 0 N–H and O–H groups in total. The second-order valence-corrected chi connectivity index (χ2v) is 6.16. The summed E-state index contributed by atoms with van der Waals surface area (Å²) in [7, 11) is -5.54. The molecule has 124 valence electrons. The van der Waals surface area contributed by atoms with Crippen molar-refractivity contribution in [3.63, 3.8) is 0 Å². The van der Waals surface area contributed by atoms with E-state index < -0.39 is 38.5 Å². The highest BCUT2D eigenvalue weighted by atomic mass is 32.2. The molecule has 0 aliphatic heterocycles. The number of carbonyl (C=O) groups is 1. The number of nitrogens with zero attached hydrogens (tertiary/aromatic N) is 1. The molecular weight excluding hydrogens is 323 g/mol. The molecule has 1 rings (SSSR count). The van der Waals surface area contributed by atoms with Gasteiger partial charge in [-0.3, -0.25) is 4.79 Å². The lowest BCUT2D eigenvalue weighted by Crippen LogP contribution is -2.34. The van der Waals surface area contributed by atoms with Crippen molar-refractivity contribution >= 4 is 15.7 Å². The zero-order valence-electron chi connectivity index (χ0n) is 12.1. The summed E-state index contributed by atoms with van der Waals surface area (Å²) >= 11 is 0. The Balaban J connectivity index is 3.02. The van der Waals surface area contributed by atoms with Crippen molar-refractivity contribution in [1.82, 2.24) is 4.90 Å². The van der Waals surface area contributed by atoms with Crippen LogP contribution in [-0.4, -0.2) is 44.4 Å². The first-order valence-corrected chi connectivity index (χ1v) is 7.94. The van der Waals surface area contributed by atoms with Crippen LogP contribution in [0.15, 0.2) is 29.2 Å². The molecule has 5 nitrogen and oxygen atoms in total. The summed E-state index contributed by atoms with van der Waals surface area (Å²) in [5, 5.41) is 0. The maximum Gasteiger partial charge on any atom is 0.502 e. The smallest absolute Gasteiger partial charge is 0.482 e. The molecule has 0 spiro atoms. The van der Waals surface area contributed by atoms with E-state index in [2.05, 4.69) is 0 Å². The van der Waals surface area contributed by atoms with E-state index >= 15 is 0 Å². The van der Waals surface area contributed by atoms with E-state index in [4.69, 9.17) is 4.74 Å². The molecule has 0 unspecified atom stereocenters. The van der Waals surface area contributed by atoms with Gasteiger partial charge in [-0.15, -0.1) is 0 Å². The van der Waals surface area contributed by atoms with Gasteiger partial charge in [0.1, 0.15) is 10.6 Å². The van der Waals surface area contributed by atoms with Gasteiger partial charge in [-0.25, -0.2) is 8.42 Å². The normalized spacial score (nSPS) is 12.0. The molecule has 0 aliphatic rings. The van der Waals surface area contributed by atoms with E-state index in [1.807, 2.05) is 0 Å². The van der Waals surface area contributed by atoms with Crippen LogP contribution in [0.4, 0.5) is 13.2 Å². The Morgan fingerprint density at radius 1 is 1.18 bits per heavy atom. The van der Waals surface area contributed by atoms with Gasteiger partial charge in [0.25, 0.3) is 15.7 Å². The average Bonchev–Trinajstić information content (AvgIpc) is 2.45. The molecule has 1 aromatic carbocycles. The molecule has 0 heterocycles. The Morgan fingerprint density at radius 2 is 1.73 bits per heavy atom. The molecule has 0 aliphatic carbocycles. The number of benzene rings is 1. The number of rotatable bonds is 6. The lowest BCUT2D eigenvalue weighted by atomic mass is 10.3. The van der Waals surface area contributed by atoms with Crippen molar-refractivity contribution < 1.29 is 31.1 Å². The number of hydrogen-bond acceptors (Lipinski definition) is 4. The monoisotopic (exact) mass is 339 g/mol. The summed E-state index contributed by atoms with van der Waals surface area (Å²) in [5.41, 5.74) is -5.44. The topological polar surface area (TPSA) is 63.7 Å². The van der Waals surface area contributed by atoms with Gasteiger partial charge in [0.15, 0.2) is 6.61 Å². The summed E-state index contributed by atoms with van der Waals surface area (Å²) < 4.78 is 65.8. The fourth-order valence-electron chi connectivity index (χ4n) is 1.72. The van der Waals surface area contributed by atoms with Gasteiger partial charge >= 0.3 is 5.51 Å². The van der Waals surface area contributed by atoms with E-state index in [0.29, 0.717) is 13.1 Å². The molecule has 0 radical (unpaired) electrons. The van der Waals surface area contributed by atoms with Crippen LogP contribution in [0.2, 0.25) is 0 Å². The third kappa shape index (κ3) is 3.90. The molecule has 0 saturated carbocycles. The molecule has 0 atom stereocenters. The standard InChI is InChI=1S/C13H16F3NO4S/c1-3-17(4-2)12(18)9-21-10-7-5-6-8-11(10)22(19,20)13(14,15)16/h5-8H,3-4,9H2,1-2H3. The molecule has 1 aromatic rings. The lowest BCUT2D eigenvalue weighted by molar-refractivity contribution is -0.133. The molecule has 0 fully saturated rings. The quantitative estimate of drug-likeness (QED) is 0.797. The second kappa shape index (κ2) is 6.99. The summed E-state index contributed by atoms with van der Waals surface area (Å²) in [6, 6.07) is 4.35. The van der Waals surface area contributed by atoms with Gasteiger partial charge in [0, 0.05) is 13.1 Å². The highest BCUT2D eigenvalue weighted by Crippen LogP contribution is 2.35. The van der Waals surface area contributed by atoms with Crippen LogP contribution in [0, 0.1) is 0 Å². The molecule has 1 amide bonds. The van der Waals surface area contributed by atoms with Gasteiger partial charge in [-0.2, -0.15) is 13.2 Å². The van der Waals surface area contributed by atoms with E-state index in [9.17, 15) is 26.4 Å². The molecule has 0 bridgehead atoms. The first-order valence-electron chi connectivity index (χ1n) is 6.46. The third-order valence-electron chi connectivity index (χ3n) is 2.91. The average molecular weight is 339 g/mol. The predicted molar refractivity (Wildman–Crippen MR) is 73.1 cm³/mol. The van der Waals surface area contributed by atoms with Crippen LogP contribution in [0.25, 0.3) is 0 Å². The minimum absolute atomic E-state index is 0.418. The zero-order valence-corrected chi connectivity index (χ0v) is 12.9. The Kier molecular flexibility index (Phi) is 5.81. The Bertz CT molecular complexity index is 624. The van der Waals surface area contributed by atoms with E-state index in [1.165, 1.54) is 11.0 Å². The highest BCUT2D eigenvalue weighted by molar-refractivity contribution is 7.92. The maximum absolute atomic E-state index is 12.6. The molecule has 0 aromatic heterocycles. The maximum atomic E-state index is 12.6. The highest BCUT2D eigenvalue weighted by Gasteiger charge is 2.48. The van der Waals surface area contributed by atoms with Gasteiger partial charge in [0.05, 0.1) is 0 Å². The van der Waals surface area contributed by atoms with Crippen LogP contribution in [0.1, 0.15) is 13.8 Å². The van der Waals surface area contributed by atoms with Crippen LogP contribution < -0.4 is 4.74 Å². The summed E-state index contributed by atoms with van der Waals surface area (Å²) in [5.74, 6) is -0.940. The number of para-hydroxylation sites is 1. The summed E-state index contributed by atoms with van der Waals surface area (Å²) in [4.78, 5) is 12.2. The van der Waals surface area contributed by atoms with Gasteiger partial charge in [-0.1, -0.05) is 12.1 Å². The summed E-state index contributed by atoms with van der Waals surface area (Å²) in [6.45, 7) is 3.78.